The number of urea groups is 1. The van der Waals surface area contributed by atoms with Crippen molar-refractivity contribution in [3.63, 3.8) is 0 Å². The molecule has 1 aromatic carbocycles. The third kappa shape index (κ3) is 3.44. The number of nitrogens with zero attached hydrogens (tertiary/aromatic N) is 1. The Morgan fingerprint density at radius 3 is 2.55 bits per heavy atom. The highest BCUT2D eigenvalue weighted by Gasteiger charge is 2.09. The number of anilines is 2. The van der Waals surface area contributed by atoms with E-state index in [1.165, 1.54) is 12.1 Å². The van der Waals surface area contributed by atoms with Gasteiger partial charge in [-0.3, -0.25) is 10.1 Å². The van der Waals surface area contributed by atoms with Crippen molar-refractivity contribution in [2.24, 2.45) is 0 Å². The van der Waals surface area contributed by atoms with Gasteiger partial charge in [-0.1, -0.05) is 32.0 Å². The van der Waals surface area contributed by atoms with Crippen molar-refractivity contribution in [3.8, 4) is 0 Å². The molecule has 6 heteroatoms. The largest absolute Gasteiger partial charge is 0.324 e. The highest BCUT2D eigenvalue weighted by atomic mass is 16.2. The number of amides is 2. The van der Waals surface area contributed by atoms with E-state index >= 15 is 0 Å². The van der Waals surface area contributed by atoms with Gasteiger partial charge in [-0.05, 0) is 23.6 Å². The molecule has 0 saturated carbocycles. The average molecular weight is 272 g/mol. The first-order valence-electron chi connectivity index (χ1n) is 6.29. The number of aromatic nitrogens is 2. The van der Waals surface area contributed by atoms with Gasteiger partial charge in [0, 0.05) is 11.8 Å². The van der Waals surface area contributed by atoms with Crippen LogP contribution >= 0.6 is 0 Å². The Morgan fingerprint density at radius 1 is 1.15 bits per heavy atom. The van der Waals surface area contributed by atoms with Gasteiger partial charge in [0.25, 0.3) is 5.56 Å². The van der Waals surface area contributed by atoms with Crippen LogP contribution in [0.15, 0.2) is 41.2 Å². The van der Waals surface area contributed by atoms with Crippen LogP contribution in [0, 0.1) is 0 Å². The number of hydrogen-bond donors (Lipinski definition) is 3. The van der Waals surface area contributed by atoms with Crippen LogP contribution in [-0.2, 0) is 0 Å². The number of carbonyl (C=O) groups excluding carboxylic acids is 1. The second-order valence-corrected chi connectivity index (χ2v) is 4.63. The van der Waals surface area contributed by atoms with E-state index in [4.69, 9.17) is 0 Å². The summed E-state index contributed by atoms with van der Waals surface area (Å²) < 4.78 is 0. The summed E-state index contributed by atoms with van der Waals surface area (Å²) >= 11 is 0. The number of rotatable bonds is 3. The van der Waals surface area contributed by atoms with Crippen molar-refractivity contribution >= 4 is 17.5 Å². The number of nitrogens with one attached hydrogen (secondary N) is 3. The van der Waals surface area contributed by atoms with Crippen LogP contribution < -0.4 is 16.2 Å². The lowest BCUT2D eigenvalue weighted by Crippen LogP contribution is -2.22. The summed E-state index contributed by atoms with van der Waals surface area (Å²) in [5.74, 6) is 0.585. The van der Waals surface area contributed by atoms with E-state index in [1.54, 1.807) is 0 Å². The van der Waals surface area contributed by atoms with Gasteiger partial charge in [0.2, 0.25) is 0 Å². The summed E-state index contributed by atoms with van der Waals surface area (Å²) in [6.07, 6.45) is 0. The minimum atomic E-state index is -0.405. The van der Waals surface area contributed by atoms with Crippen molar-refractivity contribution in [1.82, 2.24) is 10.2 Å². The van der Waals surface area contributed by atoms with Crippen molar-refractivity contribution < 1.29 is 4.79 Å². The highest BCUT2D eigenvalue weighted by Crippen LogP contribution is 2.23. The SMILES string of the molecule is CC(C)c1ccccc1NC(=O)Nc1ccc(=O)[nH]n1. The fourth-order valence-corrected chi connectivity index (χ4v) is 1.80. The molecule has 0 aliphatic rings. The molecule has 0 aliphatic carbocycles. The Bertz CT molecular complexity index is 644. The molecule has 0 saturated heterocycles. The Hall–Kier alpha value is -2.63. The Kier molecular flexibility index (Phi) is 4.14. The Labute approximate surface area is 116 Å². The fourth-order valence-electron chi connectivity index (χ4n) is 1.80. The predicted molar refractivity (Wildman–Crippen MR) is 78.0 cm³/mol. The lowest BCUT2D eigenvalue weighted by Gasteiger charge is -2.13. The normalized spacial score (nSPS) is 10.3. The van der Waals surface area contributed by atoms with E-state index in [0.29, 0.717) is 5.92 Å². The summed E-state index contributed by atoms with van der Waals surface area (Å²) in [4.78, 5) is 22.8. The van der Waals surface area contributed by atoms with Gasteiger partial charge >= 0.3 is 6.03 Å². The molecule has 20 heavy (non-hydrogen) atoms. The molecule has 1 aromatic heterocycles. The summed E-state index contributed by atoms with van der Waals surface area (Å²) in [5, 5.41) is 11.3. The van der Waals surface area contributed by atoms with E-state index in [1.807, 2.05) is 24.3 Å². The first kappa shape index (κ1) is 13.8. The predicted octanol–water partition coefficient (Wildman–Crippen LogP) is 2.54. The molecular formula is C14H16N4O2. The lowest BCUT2D eigenvalue weighted by molar-refractivity contribution is 0.262. The first-order chi connectivity index (χ1) is 9.56. The van der Waals surface area contributed by atoms with Crippen LogP contribution in [0.4, 0.5) is 16.3 Å². The molecule has 2 rings (SSSR count). The standard InChI is InChI=1S/C14H16N4O2/c1-9(2)10-5-3-4-6-11(10)15-14(20)16-12-7-8-13(19)18-17-12/h3-9H,1-2H3,(H,18,19)(H2,15,16,17,20). The van der Waals surface area contributed by atoms with Crippen LogP contribution in [-0.4, -0.2) is 16.2 Å². The molecular weight excluding hydrogens is 256 g/mol. The number of para-hydroxylation sites is 1. The molecule has 2 aromatic rings. The van der Waals surface area contributed by atoms with E-state index in [0.717, 1.165) is 11.3 Å². The van der Waals surface area contributed by atoms with Crippen LogP contribution in [0.25, 0.3) is 0 Å². The van der Waals surface area contributed by atoms with Crippen LogP contribution in [0.3, 0.4) is 0 Å². The summed E-state index contributed by atoms with van der Waals surface area (Å²) in [5.41, 5.74) is 1.49. The molecule has 0 atom stereocenters. The zero-order valence-corrected chi connectivity index (χ0v) is 11.3. The van der Waals surface area contributed by atoms with Gasteiger partial charge in [0.1, 0.15) is 0 Å². The number of carbonyl (C=O) groups is 1. The molecule has 104 valence electrons. The maximum atomic E-state index is 11.9. The minimum absolute atomic E-state index is 0.282. The first-order valence-corrected chi connectivity index (χ1v) is 6.29. The van der Waals surface area contributed by atoms with Crippen molar-refractivity contribution in [1.29, 1.82) is 0 Å². The molecule has 0 aliphatic heterocycles. The van der Waals surface area contributed by atoms with Gasteiger partial charge in [-0.15, -0.1) is 0 Å². The zero-order chi connectivity index (χ0) is 14.5. The van der Waals surface area contributed by atoms with E-state index < -0.39 is 6.03 Å². The quantitative estimate of drug-likeness (QED) is 0.802. The van der Waals surface area contributed by atoms with Crippen molar-refractivity contribution in [2.75, 3.05) is 10.6 Å². The molecule has 3 N–H and O–H groups in total. The summed E-state index contributed by atoms with van der Waals surface area (Å²) in [6, 6.07) is 9.94. The zero-order valence-electron chi connectivity index (χ0n) is 11.3. The lowest BCUT2D eigenvalue weighted by atomic mass is 10.0. The molecule has 1 heterocycles. The monoisotopic (exact) mass is 272 g/mol. The maximum absolute atomic E-state index is 11.9. The molecule has 0 unspecified atom stereocenters. The second kappa shape index (κ2) is 6.01. The van der Waals surface area contributed by atoms with E-state index in [-0.39, 0.29) is 11.4 Å². The summed E-state index contributed by atoms with van der Waals surface area (Å²) in [7, 11) is 0. The van der Waals surface area contributed by atoms with Gasteiger partial charge in [-0.2, -0.15) is 5.10 Å². The van der Waals surface area contributed by atoms with E-state index in [2.05, 4.69) is 34.7 Å². The molecule has 0 fully saturated rings. The number of benzene rings is 1. The van der Waals surface area contributed by atoms with Gasteiger partial charge in [-0.25, -0.2) is 9.89 Å². The van der Waals surface area contributed by atoms with E-state index in [9.17, 15) is 9.59 Å². The number of hydrogen-bond acceptors (Lipinski definition) is 3. The van der Waals surface area contributed by atoms with Crippen LogP contribution in [0.1, 0.15) is 25.3 Å². The Balaban J connectivity index is 2.08. The van der Waals surface area contributed by atoms with Gasteiger partial charge < -0.3 is 5.32 Å². The number of H-pyrrole nitrogens is 1. The smallest absolute Gasteiger partial charge is 0.307 e. The third-order valence-corrected chi connectivity index (χ3v) is 2.75. The topological polar surface area (TPSA) is 86.9 Å². The van der Waals surface area contributed by atoms with Gasteiger partial charge in [0.05, 0.1) is 0 Å². The van der Waals surface area contributed by atoms with Gasteiger partial charge in [0.15, 0.2) is 5.82 Å². The molecule has 0 radical (unpaired) electrons. The van der Waals surface area contributed by atoms with Crippen molar-refractivity contribution in [2.45, 2.75) is 19.8 Å². The van der Waals surface area contributed by atoms with Crippen molar-refractivity contribution in [3.05, 3.63) is 52.3 Å². The molecule has 0 bridgehead atoms. The third-order valence-electron chi connectivity index (χ3n) is 2.75. The maximum Gasteiger partial charge on any atom is 0.324 e. The fraction of sp³-hybridized carbons (Fsp3) is 0.214. The highest BCUT2D eigenvalue weighted by molar-refractivity contribution is 5.99. The molecule has 6 nitrogen and oxygen atoms in total. The van der Waals surface area contributed by atoms with Crippen LogP contribution in [0.2, 0.25) is 0 Å². The molecule has 2 amide bonds. The van der Waals surface area contributed by atoms with Crippen LogP contribution in [0.5, 0.6) is 0 Å². The number of aromatic amines is 1. The average Bonchev–Trinajstić information content (AvgIpc) is 2.41. The Morgan fingerprint density at radius 2 is 1.90 bits per heavy atom. The molecule has 0 spiro atoms. The minimum Gasteiger partial charge on any atom is -0.307 e. The summed E-state index contributed by atoms with van der Waals surface area (Å²) in [6.45, 7) is 4.11. The second-order valence-electron chi connectivity index (χ2n) is 4.63.